The van der Waals surface area contributed by atoms with E-state index in [0.717, 1.165) is 18.5 Å². The van der Waals surface area contributed by atoms with Crippen molar-refractivity contribution < 1.29 is 9.59 Å². The van der Waals surface area contributed by atoms with E-state index in [-0.39, 0.29) is 17.9 Å². The van der Waals surface area contributed by atoms with Gasteiger partial charge in [0.1, 0.15) is 5.69 Å². The third-order valence-corrected chi connectivity index (χ3v) is 4.05. The Kier molecular flexibility index (Phi) is 3.38. The Bertz CT molecular complexity index is 528. The first-order valence-corrected chi connectivity index (χ1v) is 7.01. The summed E-state index contributed by atoms with van der Waals surface area (Å²) in [6.07, 6.45) is 5.62. The van der Waals surface area contributed by atoms with Crippen molar-refractivity contribution in [1.29, 1.82) is 0 Å². The van der Waals surface area contributed by atoms with E-state index in [4.69, 9.17) is 0 Å². The molecule has 3 rings (SSSR count). The number of carbonyl (C=O) groups is 2. The smallest absolute Gasteiger partial charge is 0.274 e. The minimum atomic E-state index is -0.0974. The second-order valence-electron chi connectivity index (χ2n) is 5.58. The summed E-state index contributed by atoms with van der Waals surface area (Å²) in [5.41, 5.74) is 1.17. The lowest BCUT2D eigenvalue weighted by molar-refractivity contribution is -0.121. The maximum atomic E-state index is 12.4. The molecule has 6 nitrogen and oxygen atoms in total. The van der Waals surface area contributed by atoms with Crippen molar-refractivity contribution in [2.24, 2.45) is 5.92 Å². The average molecular weight is 274 g/mol. The Morgan fingerprint density at radius 2 is 2.20 bits per heavy atom. The second kappa shape index (κ2) is 5.19. The number of likely N-dealkylation sites (tertiary alicyclic amines) is 1. The molecule has 1 aromatic rings. The summed E-state index contributed by atoms with van der Waals surface area (Å²) >= 11 is 0. The molecular weight excluding hydrogens is 256 g/mol. The van der Waals surface area contributed by atoms with Gasteiger partial charge in [-0.05, 0) is 25.7 Å². The summed E-state index contributed by atoms with van der Waals surface area (Å²) in [6, 6.07) is 0.0901. The van der Waals surface area contributed by atoms with E-state index < -0.39 is 0 Å². The van der Waals surface area contributed by atoms with Crippen molar-refractivity contribution in [3.8, 4) is 0 Å². The Balaban J connectivity index is 1.71. The molecule has 0 spiro atoms. The van der Waals surface area contributed by atoms with Gasteiger partial charge < -0.3 is 10.2 Å². The fraction of sp³-hybridized carbons (Fsp3) is 0.571. The van der Waals surface area contributed by atoms with Crippen LogP contribution in [0.4, 0.5) is 0 Å². The van der Waals surface area contributed by atoms with E-state index in [9.17, 15) is 9.59 Å². The lowest BCUT2D eigenvalue weighted by atomic mass is 9.99. The number of fused-ring (bicyclic) bond motifs is 1. The van der Waals surface area contributed by atoms with E-state index >= 15 is 0 Å². The standard InChI is InChI=1S/C14H18N4O2/c1-9-5-16-11(6-15-9)14(20)18-7-10-3-2-4-13(19)17-12(10)8-18/h5-6,10,12H,2-4,7-8H2,1H3,(H,17,19)/t10-,12+/m1/s1. The van der Waals surface area contributed by atoms with Gasteiger partial charge in [0.05, 0.1) is 17.9 Å². The molecule has 0 unspecified atom stereocenters. The van der Waals surface area contributed by atoms with E-state index in [2.05, 4.69) is 15.3 Å². The molecule has 2 aliphatic heterocycles. The van der Waals surface area contributed by atoms with Gasteiger partial charge in [0.2, 0.25) is 5.91 Å². The molecule has 2 fully saturated rings. The van der Waals surface area contributed by atoms with Crippen molar-refractivity contribution >= 4 is 11.8 Å². The molecule has 1 aromatic heterocycles. The number of amides is 2. The normalized spacial score (nSPS) is 25.9. The highest BCUT2D eigenvalue weighted by molar-refractivity contribution is 5.92. The van der Waals surface area contributed by atoms with Crippen LogP contribution < -0.4 is 5.32 Å². The minimum absolute atomic E-state index is 0.0901. The van der Waals surface area contributed by atoms with Crippen molar-refractivity contribution in [3.05, 3.63) is 23.8 Å². The zero-order valence-electron chi connectivity index (χ0n) is 11.5. The van der Waals surface area contributed by atoms with Crippen LogP contribution in [0, 0.1) is 12.8 Å². The fourth-order valence-corrected chi connectivity index (χ4v) is 2.96. The summed E-state index contributed by atoms with van der Waals surface area (Å²) in [5, 5.41) is 3.02. The van der Waals surface area contributed by atoms with Crippen LogP contribution in [0.3, 0.4) is 0 Å². The molecule has 2 atom stereocenters. The Morgan fingerprint density at radius 3 is 2.95 bits per heavy atom. The van der Waals surface area contributed by atoms with Crippen LogP contribution in [-0.4, -0.2) is 45.8 Å². The molecule has 3 heterocycles. The van der Waals surface area contributed by atoms with Crippen LogP contribution in [0.1, 0.15) is 35.4 Å². The first kappa shape index (κ1) is 13.0. The quantitative estimate of drug-likeness (QED) is 0.810. The number of nitrogens with one attached hydrogen (secondary N) is 1. The molecule has 20 heavy (non-hydrogen) atoms. The number of aryl methyl sites for hydroxylation is 1. The third kappa shape index (κ3) is 2.50. The lowest BCUT2D eigenvalue weighted by Crippen LogP contribution is -2.39. The Hall–Kier alpha value is -1.98. The van der Waals surface area contributed by atoms with Crippen molar-refractivity contribution in [2.45, 2.75) is 32.2 Å². The molecule has 1 N–H and O–H groups in total. The van der Waals surface area contributed by atoms with Crippen LogP contribution in [0.5, 0.6) is 0 Å². The van der Waals surface area contributed by atoms with Gasteiger partial charge in [-0.15, -0.1) is 0 Å². The summed E-state index contributed by atoms with van der Waals surface area (Å²) in [5.74, 6) is 0.366. The van der Waals surface area contributed by atoms with Crippen LogP contribution in [0.2, 0.25) is 0 Å². The highest BCUT2D eigenvalue weighted by atomic mass is 16.2. The van der Waals surface area contributed by atoms with Gasteiger partial charge in [-0.25, -0.2) is 4.98 Å². The van der Waals surface area contributed by atoms with Crippen LogP contribution in [-0.2, 0) is 4.79 Å². The van der Waals surface area contributed by atoms with Gasteiger partial charge in [0, 0.05) is 25.7 Å². The van der Waals surface area contributed by atoms with Crippen molar-refractivity contribution in [1.82, 2.24) is 20.2 Å². The van der Waals surface area contributed by atoms with E-state index in [0.29, 0.717) is 31.1 Å². The van der Waals surface area contributed by atoms with E-state index in [1.54, 1.807) is 11.1 Å². The number of hydrogen-bond donors (Lipinski definition) is 1. The predicted octanol–water partition coefficient (Wildman–Crippen LogP) is 0.526. The van der Waals surface area contributed by atoms with Gasteiger partial charge in [0.25, 0.3) is 5.91 Å². The maximum absolute atomic E-state index is 12.4. The number of hydrogen-bond acceptors (Lipinski definition) is 4. The zero-order valence-corrected chi connectivity index (χ0v) is 11.5. The number of aromatic nitrogens is 2. The van der Waals surface area contributed by atoms with Gasteiger partial charge >= 0.3 is 0 Å². The largest absolute Gasteiger partial charge is 0.351 e. The molecule has 2 saturated heterocycles. The molecule has 0 aliphatic carbocycles. The first-order chi connectivity index (χ1) is 9.63. The van der Waals surface area contributed by atoms with Crippen LogP contribution in [0.15, 0.2) is 12.4 Å². The van der Waals surface area contributed by atoms with E-state index in [1.165, 1.54) is 6.20 Å². The van der Waals surface area contributed by atoms with Gasteiger partial charge in [-0.1, -0.05) is 0 Å². The van der Waals surface area contributed by atoms with E-state index in [1.807, 2.05) is 6.92 Å². The topological polar surface area (TPSA) is 75.2 Å². The molecule has 0 aromatic carbocycles. The summed E-state index contributed by atoms with van der Waals surface area (Å²) in [4.78, 5) is 34.0. The molecule has 0 radical (unpaired) electrons. The van der Waals surface area contributed by atoms with Gasteiger partial charge in [-0.2, -0.15) is 0 Å². The fourth-order valence-electron chi connectivity index (χ4n) is 2.96. The lowest BCUT2D eigenvalue weighted by Gasteiger charge is -2.16. The molecule has 6 heteroatoms. The number of nitrogens with zero attached hydrogens (tertiary/aromatic N) is 3. The monoisotopic (exact) mass is 274 g/mol. The van der Waals surface area contributed by atoms with Crippen molar-refractivity contribution in [2.75, 3.05) is 13.1 Å². The highest BCUT2D eigenvalue weighted by Gasteiger charge is 2.37. The number of rotatable bonds is 1. The Labute approximate surface area is 117 Å². The van der Waals surface area contributed by atoms with Crippen LogP contribution in [0.25, 0.3) is 0 Å². The minimum Gasteiger partial charge on any atom is -0.351 e. The van der Waals surface area contributed by atoms with Crippen LogP contribution >= 0.6 is 0 Å². The summed E-state index contributed by atoms with van der Waals surface area (Å²) in [7, 11) is 0. The van der Waals surface area contributed by atoms with Crippen molar-refractivity contribution in [3.63, 3.8) is 0 Å². The molecule has 0 bridgehead atoms. The summed E-state index contributed by atoms with van der Waals surface area (Å²) < 4.78 is 0. The predicted molar refractivity (Wildman–Crippen MR) is 71.9 cm³/mol. The maximum Gasteiger partial charge on any atom is 0.274 e. The molecule has 2 aliphatic rings. The first-order valence-electron chi connectivity index (χ1n) is 7.01. The van der Waals surface area contributed by atoms with Gasteiger partial charge in [0.15, 0.2) is 0 Å². The Morgan fingerprint density at radius 1 is 1.35 bits per heavy atom. The molecule has 106 valence electrons. The highest BCUT2D eigenvalue weighted by Crippen LogP contribution is 2.26. The molecule has 0 saturated carbocycles. The third-order valence-electron chi connectivity index (χ3n) is 4.05. The van der Waals surface area contributed by atoms with Gasteiger partial charge in [-0.3, -0.25) is 14.6 Å². The molecular formula is C14H18N4O2. The summed E-state index contributed by atoms with van der Waals surface area (Å²) in [6.45, 7) is 3.11. The number of carbonyl (C=O) groups excluding carboxylic acids is 2. The average Bonchev–Trinajstić information content (AvgIpc) is 2.74. The second-order valence-corrected chi connectivity index (χ2v) is 5.58. The SMILES string of the molecule is Cc1cnc(C(=O)N2C[C@H]3CCCC(=O)N[C@H]3C2)cn1. The molecule has 2 amide bonds. The zero-order chi connectivity index (χ0) is 14.1.